The van der Waals surface area contributed by atoms with Gasteiger partial charge < -0.3 is 5.11 Å². The monoisotopic (exact) mass is 458 g/mol. The highest BCUT2D eigenvalue weighted by Crippen LogP contribution is 2.43. The van der Waals surface area contributed by atoms with Crippen molar-refractivity contribution in [2.45, 2.75) is 38.6 Å². The third-order valence-corrected chi connectivity index (χ3v) is 6.72. The molecule has 1 unspecified atom stereocenters. The van der Waals surface area contributed by atoms with Crippen LogP contribution in [0, 0.1) is 6.92 Å². The number of hydrogen-bond donors (Lipinski definition) is 1. The molecule has 1 fully saturated rings. The van der Waals surface area contributed by atoms with E-state index in [2.05, 4.69) is 4.98 Å². The average molecular weight is 459 g/mol. The van der Waals surface area contributed by atoms with Gasteiger partial charge in [-0.2, -0.15) is 0 Å². The van der Waals surface area contributed by atoms with E-state index in [0.717, 1.165) is 31.2 Å². The predicted molar refractivity (Wildman–Crippen MR) is 128 cm³/mol. The normalized spacial score (nSPS) is 19.6. The number of aliphatic hydroxyl groups excluding tert-OH is 1. The van der Waals surface area contributed by atoms with Crippen molar-refractivity contribution < 1.29 is 14.7 Å². The van der Waals surface area contributed by atoms with Crippen LogP contribution in [0.25, 0.3) is 5.76 Å². The molecule has 2 heterocycles. The van der Waals surface area contributed by atoms with Gasteiger partial charge in [-0.25, -0.2) is 0 Å². The van der Waals surface area contributed by atoms with E-state index in [0.29, 0.717) is 21.8 Å². The molecule has 2 aliphatic rings. The maximum atomic E-state index is 13.3. The molecule has 0 spiro atoms. The number of aromatic nitrogens is 1. The van der Waals surface area contributed by atoms with E-state index in [1.165, 1.54) is 16.0 Å². The third-order valence-electron chi connectivity index (χ3n) is 6.48. The Kier molecular flexibility index (Phi) is 5.51. The molecule has 166 valence electrons. The molecule has 0 radical (unpaired) electrons. The Bertz CT molecular complexity index is 1300. The number of amides is 1. The number of carbonyl (C=O) groups excluding carboxylic acids is 2. The summed E-state index contributed by atoms with van der Waals surface area (Å²) >= 11 is 6.13. The van der Waals surface area contributed by atoms with E-state index in [1.807, 2.05) is 31.2 Å². The van der Waals surface area contributed by atoms with Gasteiger partial charge in [0.1, 0.15) is 5.76 Å². The fraction of sp³-hybridized carbons (Fsp3) is 0.222. The van der Waals surface area contributed by atoms with Crippen molar-refractivity contribution in [3.63, 3.8) is 0 Å². The summed E-state index contributed by atoms with van der Waals surface area (Å²) in [6, 6.07) is 13.7. The van der Waals surface area contributed by atoms with Gasteiger partial charge in [-0.15, -0.1) is 0 Å². The van der Waals surface area contributed by atoms with Crippen molar-refractivity contribution in [3.05, 3.63) is 99.3 Å². The van der Waals surface area contributed by atoms with Crippen LogP contribution in [-0.4, -0.2) is 21.8 Å². The summed E-state index contributed by atoms with van der Waals surface area (Å²) in [5.74, 6) is -1.56. The topological polar surface area (TPSA) is 70.5 Å². The molecule has 5 rings (SSSR count). The number of rotatable bonds is 3. The Morgan fingerprint density at radius 1 is 1.06 bits per heavy atom. The highest BCUT2D eigenvalue weighted by atomic mass is 35.5. The molecule has 6 heteroatoms. The fourth-order valence-electron chi connectivity index (χ4n) is 4.86. The maximum absolute atomic E-state index is 13.3. The molecule has 1 amide bonds. The first-order chi connectivity index (χ1) is 16.0. The molecule has 1 aromatic heterocycles. The molecule has 3 aromatic rings. The first-order valence-corrected chi connectivity index (χ1v) is 11.4. The van der Waals surface area contributed by atoms with Crippen LogP contribution in [0.4, 0.5) is 5.69 Å². The second kappa shape index (κ2) is 8.49. The second-order valence-corrected chi connectivity index (χ2v) is 9.01. The van der Waals surface area contributed by atoms with Crippen molar-refractivity contribution in [2.24, 2.45) is 0 Å². The van der Waals surface area contributed by atoms with E-state index in [1.54, 1.807) is 36.7 Å². The van der Waals surface area contributed by atoms with Crippen molar-refractivity contribution in [1.82, 2.24) is 4.98 Å². The summed E-state index contributed by atoms with van der Waals surface area (Å²) in [6.07, 6.45) is 7.48. The van der Waals surface area contributed by atoms with Crippen molar-refractivity contribution >= 4 is 34.7 Å². The molecule has 0 bridgehead atoms. The third kappa shape index (κ3) is 3.72. The van der Waals surface area contributed by atoms with Crippen LogP contribution in [-0.2, 0) is 22.4 Å². The number of benzene rings is 2. The van der Waals surface area contributed by atoms with Crippen LogP contribution >= 0.6 is 11.6 Å². The molecule has 1 atom stereocenters. The van der Waals surface area contributed by atoms with Gasteiger partial charge in [0.15, 0.2) is 0 Å². The fourth-order valence-corrected chi connectivity index (χ4v) is 5.09. The van der Waals surface area contributed by atoms with Gasteiger partial charge in [-0.3, -0.25) is 19.5 Å². The van der Waals surface area contributed by atoms with Crippen LogP contribution in [0.2, 0.25) is 5.02 Å². The van der Waals surface area contributed by atoms with Gasteiger partial charge in [0.25, 0.3) is 11.7 Å². The Hall–Kier alpha value is -3.44. The number of Topliss-reactive ketones (excluding diaryl/α,β-unsaturated/α-hetero) is 1. The number of ketones is 1. The van der Waals surface area contributed by atoms with Crippen molar-refractivity contribution in [2.75, 3.05) is 4.90 Å². The Morgan fingerprint density at radius 3 is 2.58 bits per heavy atom. The SMILES string of the molecule is Cc1cc(Cl)ccc1N1C(=O)C(=O)/C(=C(\O)c2ccc3c(c2)CCCC3)C1c1cccnc1. The Balaban J connectivity index is 1.70. The first kappa shape index (κ1) is 21.4. The zero-order chi connectivity index (χ0) is 23.1. The number of aryl methyl sites for hydroxylation is 3. The van der Waals surface area contributed by atoms with Gasteiger partial charge >= 0.3 is 0 Å². The summed E-state index contributed by atoms with van der Waals surface area (Å²) in [7, 11) is 0. The van der Waals surface area contributed by atoms with Crippen LogP contribution in [0.5, 0.6) is 0 Å². The van der Waals surface area contributed by atoms with Crippen LogP contribution in [0.3, 0.4) is 0 Å². The van der Waals surface area contributed by atoms with Gasteiger partial charge in [0, 0.05) is 28.7 Å². The standard InChI is InChI=1S/C27H23ClN2O3/c1-16-13-21(28)10-11-22(16)30-24(20-7-4-12-29-15-20)23(26(32)27(30)33)25(31)19-9-8-17-5-2-3-6-18(17)14-19/h4,7-15,24,31H,2-3,5-6H2,1H3/b25-23-. The number of halogens is 1. The molecule has 2 aromatic carbocycles. The van der Waals surface area contributed by atoms with Crippen molar-refractivity contribution in [1.29, 1.82) is 0 Å². The van der Waals surface area contributed by atoms with Crippen LogP contribution < -0.4 is 4.90 Å². The number of fused-ring (bicyclic) bond motifs is 1. The van der Waals surface area contributed by atoms with Gasteiger partial charge in [-0.1, -0.05) is 29.8 Å². The summed E-state index contributed by atoms with van der Waals surface area (Å²) in [4.78, 5) is 32.2. The van der Waals surface area contributed by atoms with Gasteiger partial charge in [0.2, 0.25) is 0 Å². The van der Waals surface area contributed by atoms with Crippen molar-refractivity contribution in [3.8, 4) is 0 Å². The smallest absolute Gasteiger partial charge is 0.300 e. The molecule has 5 nitrogen and oxygen atoms in total. The largest absolute Gasteiger partial charge is 0.507 e. The quantitative estimate of drug-likeness (QED) is 0.317. The van der Waals surface area contributed by atoms with E-state index in [9.17, 15) is 14.7 Å². The number of anilines is 1. The molecule has 1 aliphatic carbocycles. The zero-order valence-electron chi connectivity index (χ0n) is 18.2. The van der Waals surface area contributed by atoms with Gasteiger partial charge in [-0.05, 0) is 85.2 Å². The maximum Gasteiger partial charge on any atom is 0.300 e. The number of pyridine rings is 1. The lowest BCUT2D eigenvalue weighted by Gasteiger charge is -2.26. The molecule has 1 saturated heterocycles. The molecule has 0 saturated carbocycles. The molecule has 33 heavy (non-hydrogen) atoms. The number of hydrogen-bond acceptors (Lipinski definition) is 4. The summed E-state index contributed by atoms with van der Waals surface area (Å²) in [5.41, 5.74) is 5.05. The van der Waals surface area contributed by atoms with E-state index < -0.39 is 17.7 Å². The predicted octanol–water partition coefficient (Wildman–Crippen LogP) is 5.55. The lowest BCUT2D eigenvalue weighted by molar-refractivity contribution is -0.132. The molecule has 1 N–H and O–H groups in total. The van der Waals surface area contributed by atoms with Crippen LogP contribution in [0.15, 0.2) is 66.5 Å². The Labute approximate surface area is 197 Å². The number of aliphatic hydroxyl groups is 1. The van der Waals surface area contributed by atoms with Gasteiger partial charge in [0.05, 0.1) is 11.6 Å². The number of nitrogens with zero attached hydrogens (tertiary/aromatic N) is 2. The van der Waals surface area contributed by atoms with E-state index >= 15 is 0 Å². The van der Waals surface area contributed by atoms with Crippen LogP contribution in [0.1, 0.15) is 46.7 Å². The molecule has 1 aliphatic heterocycles. The minimum Gasteiger partial charge on any atom is -0.507 e. The Morgan fingerprint density at radius 2 is 1.85 bits per heavy atom. The minimum absolute atomic E-state index is 0.0677. The highest BCUT2D eigenvalue weighted by Gasteiger charge is 2.47. The minimum atomic E-state index is -0.797. The molecular weight excluding hydrogens is 436 g/mol. The first-order valence-electron chi connectivity index (χ1n) is 11.0. The second-order valence-electron chi connectivity index (χ2n) is 8.58. The summed E-state index contributed by atoms with van der Waals surface area (Å²) < 4.78 is 0. The average Bonchev–Trinajstić information content (AvgIpc) is 3.09. The lowest BCUT2D eigenvalue weighted by atomic mass is 9.89. The highest BCUT2D eigenvalue weighted by molar-refractivity contribution is 6.51. The zero-order valence-corrected chi connectivity index (χ0v) is 19.0. The summed E-state index contributed by atoms with van der Waals surface area (Å²) in [6.45, 7) is 1.84. The molecular formula is C27H23ClN2O3. The van der Waals surface area contributed by atoms with E-state index in [4.69, 9.17) is 11.6 Å². The van der Waals surface area contributed by atoms with E-state index in [-0.39, 0.29) is 11.3 Å². The number of carbonyl (C=O) groups is 2. The summed E-state index contributed by atoms with van der Waals surface area (Å²) in [5, 5.41) is 11.9. The lowest BCUT2D eigenvalue weighted by Crippen LogP contribution is -2.30.